The fraction of sp³-hybridized carbons (Fsp3) is 0.300. The summed E-state index contributed by atoms with van der Waals surface area (Å²) in [6.07, 6.45) is 7.58. The summed E-state index contributed by atoms with van der Waals surface area (Å²) in [6.45, 7) is 5.44. The first kappa shape index (κ1) is 18.6. The van der Waals surface area contributed by atoms with E-state index in [1.165, 1.54) is 0 Å². The van der Waals surface area contributed by atoms with E-state index in [0.29, 0.717) is 11.5 Å². The molecule has 140 valence electrons. The van der Waals surface area contributed by atoms with Crippen molar-refractivity contribution < 1.29 is 4.79 Å². The number of amides is 1. The minimum absolute atomic E-state index is 0.117. The number of aryl methyl sites for hydroxylation is 2. The first-order chi connectivity index (χ1) is 13.2. The van der Waals surface area contributed by atoms with Crippen LogP contribution in [0.25, 0.3) is 0 Å². The number of hydrogen-bond donors (Lipinski definition) is 2. The Morgan fingerprint density at radius 3 is 2.52 bits per heavy atom. The summed E-state index contributed by atoms with van der Waals surface area (Å²) in [4.78, 5) is 25.3. The van der Waals surface area contributed by atoms with Crippen LogP contribution >= 0.6 is 0 Å². The predicted molar refractivity (Wildman–Crippen MR) is 104 cm³/mol. The average molecular weight is 364 g/mol. The van der Waals surface area contributed by atoms with Crippen LogP contribution < -0.4 is 10.6 Å². The third-order valence-electron chi connectivity index (χ3n) is 4.34. The van der Waals surface area contributed by atoms with Crippen molar-refractivity contribution in [2.45, 2.75) is 32.9 Å². The molecule has 27 heavy (non-hydrogen) atoms. The van der Waals surface area contributed by atoms with E-state index in [1.807, 2.05) is 50.4 Å². The highest BCUT2D eigenvalue weighted by molar-refractivity contribution is 5.93. The number of nitrogens with zero attached hydrogens (tertiary/aromatic N) is 4. The summed E-state index contributed by atoms with van der Waals surface area (Å²) in [5, 5.41) is 6.13. The number of imidazole rings is 1. The van der Waals surface area contributed by atoms with Gasteiger partial charge in [-0.1, -0.05) is 30.3 Å². The van der Waals surface area contributed by atoms with E-state index < -0.39 is 0 Å². The number of rotatable bonds is 8. The largest absolute Gasteiger partial charge is 0.355 e. The van der Waals surface area contributed by atoms with Gasteiger partial charge < -0.3 is 15.2 Å². The van der Waals surface area contributed by atoms with Crippen LogP contribution in [0.5, 0.6) is 0 Å². The summed E-state index contributed by atoms with van der Waals surface area (Å²) in [7, 11) is 0. The monoisotopic (exact) mass is 364 g/mol. The van der Waals surface area contributed by atoms with Gasteiger partial charge in [0.05, 0.1) is 11.6 Å². The molecule has 1 atom stereocenters. The van der Waals surface area contributed by atoms with Gasteiger partial charge >= 0.3 is 0 Å². The van der Waals surface area contributed by atoms with E-state index in [4.69, 9.17) is 0 Å². The van der Waals surface area contributed by atoms with Gasteiger partial charge in [0.15, 0.2) is 0 Å². The molecule has 0 spiro atoms. The molecule has 7 nitrogen and oxygen atoms in total. The number of anilines is 1. The van der Waals surface area contributed by atoms with E-state index in [2.05, 4.69) is 30.2 Å². The van der Waals surface area contributed by atoms with E-state index in [1.54, 1.807) is 18.6 Å². The summed E-state index contributed by atoms with van der Waals surface area (Å²) in [5.41, 5.74) is 1.50. The van der Waals surface area contributed by atoms with Gasteiger partial charge in [-0.15, -0.1) is 0 Å². The van der Waals surface area contributed by atoms with Gasteiger partial charge in [0.1, 0.15) is 5.82 Å². The zero-order chi connectivity index (χ0) is 19.1. The highest BCUT2D eigenvalue weighted by atomic mass is 16.1. The van der Waals surface area contributed by atoms with Crippen molar-refractivity contribution in [2.24, 2.45) is 0 Å². The molecule has 0 fully saturated rings. The standard InChI is InChI=1S/C20H24N6O/c1-3-21-20-23-13-17(14-24-20)19(27)25-18(16-7-5-4-6-8-16)9-11-26-12-10-22-15(26)2/h4-8,10,12-14,18H,3,9,11H2,1-2H3,(H,25,27)(H,21,23,24)/t18-/m1/s1. The Hall–Kier alpha value is -3.22. The molecule has 0 bridgehead atoms. The Morgan fingerprint density at radius 2 is 1.89 bits per heavy atom. The van der Waals surface area contributed by atoms with Gasteiger partial charge in [0.2, 0.25) is 5.95 Å². The van der Waals surface area contributed by atoms with E-state index in [-0.39, 0.29) is 11.9 Å². The molecule has 7 heteroatoms. The smallest absolute Gasteiger partial charge is 0.254 e. The number of carbonyl (C=O) groups excluding carboxylic acids is 1. The van der Waals surface area contributed by atoms with E-state index in [0.717, 1.165) is 30.9 Å². The van der Waals surface area contributed by atoms with Crippen molar-refractivity contribution in [3.05, 3.63) is 72.1 Å². The van der Waals surface area contributed by atoms with Crippen LogP contribution in [0, 0.1) is 6.92 Å². The molecule has 0 saturated heterocycles. The van der Waals surface area contributed by atoms with Crippen LogP contribution in [0.3, 0.4) is 0 Å². The molecule has 2 heterocycles. The molecular weight excluding hydrogens is 340 g/mol. The second-order valence-corrected chi connectivity index (χ2v) is 6.22. The number of carbonyl (C=O) groups is 1. The molecule has 0 aliphatic rings. The van der Waals surface area contributed by atoms with Gasteiger partial charge in [-0.05, 0) is 25.8 Å². The topological polar surface area (TPSA) is 84.7 Å². The molecule has 0 unspecified atom stereocenters. The summed E-state index contributed by atoms with van der Waals surface area (Å²) >= 11 is 0. The third kappa shape index (κ3) is 4.91. The minimum Gasteiger partial charge on any atom is -0.355 e. The first-order valence-corrected chi connectivity index (χ1v) is 9.07. The highest BCUT2D eigenvalue weighted by Crippen LogP contribution is 2.19. The van der Waals surface area contributed by atoms with Gasteiger partial charge in [-0.2, -0.15) is 0 Å². The maximum atomic E-state index is 12.7. The van der Waals surface area contributed by atoms with Gasteiger partial charge in [-0.25, -0.2) is 15.0 Å². The Bertz CT molecular complexity index is 860. The first-order valence-electron chi connectivity index (χ1n) is 9.07. The third-order valence-corrected chi connectivity index (χ3v) is 4.34. The molecular formula is C20H24N6O. The normalized spacial score (nSPS) is 11.8. The van der Waals surface area contributed by atoms with Crippen LogP contribution in [-0.2, 0) is 6.54 Å². The van der Waals surface area contributed by atoms with Crippen LogP contribution in [0.4, 0.5) is 5.95 Å². The number of aromatic nitrogens is 4. The minimum atomic E-state index is -0.186. The molecule has 0 saturated carbocycles. The Kier molecular flexibility index (Phi) is 6.14. The van der Waals surface area contributed by atoms with Crippen LogP contribution in [0.1, 0.15) is 41.1 Å². The Balaban J connectivity index is 1.72. The fourth-order valence-electron chi connectivity index (χ4n) is 2.85. The van der Waals surface area contributed by atoms with E-state index in [9.17, 15) is 4.79 Å². The quantitative estimate of drug-likeness (QED) is 0.642. The van der Waals surface area contributed by atoms with Crippen molar-refractivity contribution in [1.82, 2.24) is 24.8 Å². The maximum absolute atomic E-state index is 12.7. The second kappa shape index (κ2) is 8.93. The Morgan fingerprint density at radius 1 is 1.15 bits per heavy atom. The lowest BCUT2D eigenvalue weighted by Crippen LogP contribution is -2.29. The van der Waals surface area contributed by atoms with Crippen LogP contribution in [0.15, 0.2) is 55.1 Å². The van der Waals surface area contributed by atoms with Gasteiger partial charge in [0.25, 0.3) is 5.91 Å². The molecule has 3 aromatic rings. The maximum Gasteiger partial charge on any atom is 0.254 e. The molecule has 2 N–H and O–H groups in total. The van der Waals surface area contributed by atoms with Crippen LogP contribution in [0.2, 0.25) is 0 Å². The Labute approximate surface area is 158 Å². The van der Waals surface area contributed by atoms with Gasteiger partial charge in [-0.3, -0.25) is 4.79 Å². The highest BCUT2D eigenvalue weighted by Gasteiger charge is 2.17. The van der Waals surface area contributed by atoms with Crippen molar-refractivity contribution >= 4 is 11.9 Å². The second-order valence-electron chi connectivity index (χ2n) is 6.22. The van der Waals surface area contributed by atoms with Crippen molar-refractivity contribution in [1.29, 1.82) is 0 Å². The lowest BCUT2D eigenvalue weighted by Gasteiger charge is -2.20. The van der Waals surface area contributed by atoms with Crippen LogP contribution in [-0.4, -0.2) is 32.0 Å². The summed E-state index contributed by atoms with van der Waals surface area (Å²) < 4.78 is 2.08. The number of benzene rings is 1. The van der Waals surface area contributed by atoms with E-state index >= 15 is 0 Å². The number of nitrogens with one attached hydrogen (secondary N) is 2. The molecule has 0 aliphatic carbocycles. The molecule has 3 rings (SSSR count). The summed E-state index contributed by atoms with van der Waals surface area (Å²) in [6, 6.07) is 9.85. The fourth-order valence-corrected chi connectivity index (χ4v) is 2.85. The lowest BCUT2D eigenvalue weighted by molar-refractivity contribution is 0.0933. The van der Waals surface area contributed by atoms with Gasteiger partial charge in [0, 0.05) is 37.9 Å². The zero-order valence-corrected chi connectivity index (χ0v) is 15.6. The average Bonchev–Trinajstić information content (AvgIpc) is 3.11. The summed E-state index contributed by atoms with van der Waals surface area (Å²) in [5.74, 6) is 1.29. The molecule has 1 amide bonds. The zero-order valence-electron chi connectivity index (χ0n) is 15.6. The van der Waals surface area contributed by atoms with Crippen molar-refractivity contribution in [2.75, 3.05) is 11.9 Å². The van der Waals surface area contributed by atoms with Crippen molar-refractivity contribution in [3.63, 3.8) is 0 Å². The lowest BCUT2D eigenvalue weighted by atomic mass is 10.0. The molecule has 0 radical (unpaired) electrons. The predicted octanol–water partition coefficient (Wildman–Crippen LogP) is 2.97. The molecule has 2 aromatic heterocycles. The SMILES string of the molecule is CCNc1ncc(C(=O)N[C@H](CCn2ccnc2C)c2ccccc2)cn1. The van der Waals surface area contributed by atoms with Crippen molar-refractivity contribution in [3.8, 4) is 0 Å². The molecule has 1 aromatic carbocycles. The molecule has 0 aliphatic heterocycles. The number of hydrogen-bond acceptors (Lipinski definition) is 5.